The van der Waals surface area contributed by atoms with Crippen molar-refractivity contribution in [2.45, 2.75) is 32.1 Å². The Morgan fingerprint density at radius 3 is 2.33 bits per heavy atom. The second-order valence-corrected chi connectivity index (χ2v) is 10.7. The first-order valence-electron chi connectivity index (χ1n) is 14.0. The zero-order valence-corrected chi connectivity index (χ0v) is 23.6. The molecule has 2 aliphatic carbocycles. The summed E-state index contributed by atoms with van der Waals surface area (Å²) >= 11 is 0. The first kappa shape index (κ1) is 27.0. The summed E-state index contributed by atoms with van der Waals surface area (Å²) in [5, 5.41) is 0. The highest BCUT2D eigenvalue weighted by atomic mass is 15.1. The van der Waals surface area contributed by atoms with Gasteiger partial charge in [0, 0.05) is 23.0 Å². The minimum atomic E-state index is -0.0101. The fourth-order valence-electron chi connectivity index (χ4n) is 5.64. The third-order valence-electron chi connectivity index (χ3n) is 7.78. The second kappa shape index (κ2) is 12.1. The van der Waals surface area contributed by atoms with Gasteiger partial charge in [-0.25, -0.2) is 0 Å². The van der Waals surface area contributed by atoms with Crippen molar-refractivity contribution in [1.82, 2.24) is 0 Å². The predicted molar refractivity (Wildman–Crippen MR) is 175 cm³/mol. The fraction of sp³-hybridized carbons (Fsp3) is 0.128. The first-order valence-corrected chi connectivity index (χ1v) is 14.0. The van der Waals surface area contributed by atoms with Crippen LogP contribution in [0.5, 0.6) is 0 Å². The maximum atomic E-state index is 3.98. The number of nitrogens with zero attached hydrogens (tertiary/aromatic N) is 1. The lowest BCUT2D eigenvalue weighted by Crippen LogP contribution is -2.17. The van der Waals surface area contributed by atoms with E-state index in [0.717, 1.165) is 29.8 Å². The van der Waals surface area contributed by atoms with Crippen LogP contribution in [0.4, 0.5) is 11.4 Å². The molecule has 0 saturated carbocycles. The second-order valence-electron chi connectivity index (χ2n) is 10.7. The molecule has 2 aliphatic rings. The zero-order chi connectivity index (χ0) is 28.0. The fourth-order valence-corrected chi connectivity index (χ4v) is 5.64. The highest BCUT2D eigenvalue weighted by molar-refractivity contribution is 5.85. The molecular weight excluding hydrogens is 482 g/mol. The Kier molecular flexibility index (Phi) is 8.12. The molecule has 5 rings (SSSR count). The molecule has 0 aliphatic heterocycles. The van der Waals surface area contributed by atoms with Crippen LogP contribution in [0.3, 0.4) is 0 Å². The van der Waals surface area contributed by atoms with Gasteiger partial charge in [-0.2, -0.15) is 0 Å². The standard InChI is InChI=1S/C39H37N/c1-5-7-8-10-16-30(6-2)17-15-28-40(33-24-22-32(23-25-33)31-18-11-9-12-19-31)34-26-27-36-35-20-13-14-21-37(35)39(3,4)38(36)29-34/h5-12,14-19,21-29H,1-2,13,20H2,3-4H3. The van der Waals surface area contributed by atoms with Crippen molar-refractivity contribution >= 4 is 16.9 Å². The zero-order valence-electron chi connectivity index (χ0n) is 23.6. The van der Waals surface area contributed by atoms with Gasteiger partial charge >= 0.3 is 0 Å². The molecule has 0 unspecified atom stereocenters. The van der Waals surface area contributed by atoms with Crippen molar-refractivity contribution in [1.29, 1.82) is 0 Å². The van der Waals surface area contributed by atoms with Crippen LogP contribution < -0.4 is 4.90 Å². The van der Waals surface area contributed by atoms with Gasteiger partial charge < -0.3 is 4.90 Å². The van der Waals surface area contributed by atoms with Crippen LogP contribution in [0.2, 0.25) is 0 Å². The van der Waals surface area contributed by atoms with Crippen LogP contribution >= 0.6 is 0 Å². The summed E-state index contributed by atoms with van der Waals surface area (Å²) in [6.07, 6.45) is 24.8. The van der Waals surface area contributed by atoms with Crippen molar-refractivity contribution < 1.29 is 0 Å². The lowest BCUT2D eigenvalue weighted by molar-refractivity contribution is 0.651. The van der Waals surface area contributed by atoms with Gasteiger partial charge in [-0.05, 0) is 82.2 Å². The van der Waals surface area contributed by atoms with Crippen LogP contribution in [0.15, 0.2) is 164 Å². The molecule has 0 aromatic heterocycles. The van der Waals surface area contributed by atoms with E-state index in [1.807, 2.05) is 30.4 Å². The maximum Gasteiger partial charge on any atom is 0.0458 e. The summed E-state index contributed by atoms with van der Waals surface area (Å²) in [6.45, 7) is 12.4. The largest absolute Gasteiger partial charge is 0.317 e. The molecule has 0 radical (unpaired) electrons. The molecule has 1 heteroatoms. The third-order valence-corrected chi connectivity index (χ3v) is 7.78. The molecule has 0 heterocycles. The monoisotopic (exact) mass is 519 g/mol. The Morgan fingerprint density at radius 1 is 0.825 bits per heavy atom. The molecule has 0 saturated heterocycles. The van der Waals surface area contributed by atoms with E-state index in [4.69, 9.17) is 0 Å². The number of hydrogen-bond acceptors (Lipinski definition) is 1. The highest BCUT2D eigenvalue weighted by Gasteiger charge is 2.37. The molecule has 0 bridgehead atoms. The van der Waals surface area contributed by atoms with Gasteiger partial charge in [0.25, 0.3) is 0 Å². The summed E-state index contributed by atoms with van der Waals surface area (Å²) in [5.74, 6) is 0. The van der Waals surface area contributed by atoms with Gasteiger partial charge in [0.1, 0.15) is 0 Å². The van der Waals surface area contributed by atoms with E-state index in [2.05, 4.69) is 135 Å². The summed E-state index contributed by atoms with van der Waals surface area (Å²) in [5.41, 5.74) is 11.5. The average Bonchev–Trinajstić information content (AvgIpc) is 3.23. The number of hydrogen-bond donors (Lipinski definition) is 0. The molecule has 0 atom stereocenters. The van der Waals surface area contributed by atoms with Crippen molar-refractivity contribution in [3.05, 3.63) is 175 Å². The topological polar surface area (TPSA) is 3.24 Å². The van der Waals surface area contributed by atoms with Gasteiger partial charge in [0.05, 0.1) is 0 Å². The number of anilines is 2. The van der Waals surface area contributed by atoms with Crippen molar-refractivity contribution in [3.8, 4) is 11.1 Å². The molecule has 40 heavy (non-hydrogen) atoms. The molecule has 3 aromatic carbocycles. The van der Waals surface area contributed by atoms with Crippen LogP contribution in [-0.4, -0.2) is 0 Å². The Balaban J connectivity index is 1.52. The lowest BCUT2D eigenvalue weighted by atomic mass is 9.80. The summed E-state index contributed by atoms with van der Waals surface area (Å²) in [4.78, 5) is 2.27. The van der Waals surface area contributed by atoms with E-state index in [0.29, 0.717) is 0 Å². The van der Waals surface area contributed by atoms with Gasteiger partial charge in [0.15, 0.2) is 0 Å². The van der Waals surface area contributed by atoms with Gasteiger partial charge in [0.2, 0.25) is 0 Å². The van der Waals surface area contributed by atoms with E-state index in [9.17, 15) is 0 Å². The number of benzene rings is 3. The molecule has 0 spiro atoms. The first-order chi connectivity index (χ1) is 19.5. The lowest BCUT2D eigenvalue weighted by Gasteiger charge is -2.26. The molecule has 0 fully saturated rings. The van der Waals surface area contributed by atoms with Crippen LogP contribution in [-0.2, 0) is 5.41 Å². The minimum Gasteiger partial charge on any atom is -0.317 e. The Hall–Kier alpha value is -4.62. The van der Waals surface area contributed by atoms with Crippen LogP contribution in [0, 0.1) is 0 Å². The van der Waals surface area contributed by atoms with E-state index in [1.165, 1.54) is 33.4 Å². The average molecular weight is 520 g/mol. The van der Waals surface area contributed by atoms with Crippen molar-refractivity contribution in [2.75, 3.05) is 4.90 Å². The number of rotatable bonds is 9. The number of allylic oxidation sites excluding steroid dienone is 13. The molecule has 0 N–H and O–H groups in total. The van der Waals surface area contributed by atoms with Crippen LogP contribution in [0.1, 0.15) is 37.8 Å². The maximum absolute atomic E-state index is 3.98. The highest BCUT2D eigenvalue weighted by Crippen LogP contribution is 2.51. The van der Waals surface area contributed by atoms with E-state index < -0.39 is 0 Å². The quantitative estimate of drug-likeness (QED) is 0.254. The number of fused-ring (bicyclic) bond motifs is 2. The molecule has 0 amide bonds. The van der Waals surface area contributed by atoms with Crippen molar-refractivity contribution in [3.63, 3.8) is 0 Å². The molecular formula is C39H37N. The summed E-state index contributed by atoms with van der Waals surface area (Å²) in [6, 6.07) is 26.3. The van der Waals surface area contributed by atoms with Crippen molar-refractivity contribution in [2.24, 2.45) is 0 Å². The molecule has 3 aromatic rings. The SMILES string of the molecule is C=CC=CC=CC(C=C)=CC=CN(c1ccc(-c2ccccc2)cc1)c1ccc2c(c1)C(C)(C)C1=C2CCC=C1. The predicted octanol–water partition coefficient (Wildman–Crippen LogP) is 10.8. The Bertz CT molecular complexity index is 1570. The van der Waals surface area contributed by atoms with E-state index in [-0.39, 0.29) is 5.41 Å². The van der Waals surface area contributed by atoms with Gasteiger partial charge in [-0.1, -0.05) is 130 Å². The molecule has 1 nitrogen and oxygen atoms in total. The third kappa shape index (κ3) is 5.55. The Labute approximate surface area is 239 Å². The Morgan fingerprint density at radius 2 is 1.57 bits per heavy atom. The smallest absolute Gasteiger partial charge is 0.0458 e. The van der Waals surface area contributed by atoms with E-state index in [1.54, 1.807) is 6.08 Å². The van der Waals surface area contributed by atoms with Gasteiger partial charge in [-0.15, -0.1) is 0 Å². The summed E-state index contributed by atoms with van der Waals surface area (Å²) < 4.78 is 0. The van der Waals surface area contributed by atoms with E-state index >= 15 is 0 Å². The summed E-state index contributed by atoms with van der Waals surface area (Å²) in [7, 11) is 0. The van der Waals surface area contributed by atoms with Gasteiger partial charge in [-0.3, -0.25) is 0 Å². The normalized spacial score (nSPS) is 16.1. The van der Waals surface area contributed by atoms with Crippen LogP contribution in [0.25, 0.3) is 16.7 Å². The minimum absolute atomic E-state index is 0.0101. The molecule has 198 valence electrons.